The highest BCUT2D eigenvalue weighted by atomic mass is 16.2. The number of hydrogen-bond acceptors (Lipinski definition) is 3. The summed E-state index contributed by atoms with van der Waals surface area (Å²) in [5.74, 6) is -0.321. The van der Waals surface area contributed by atoms with Crippen molar-refractivity contribution in [1.82, 2.24) is 9.88 Å². The fraction of sp³-hybridized carbons (Fsp3) is 0.0556. The summed E-state index contributed by atoms with van der Waals surface area (Å²) >= 11 is 0. The van der Waals surface area contributed by atoms with Crippen LogP contribution in [0.25, 0.3) is 22.0 Å². The molecule has 0 atom stereocenters. The van der Waals surface area contributed by atoms with E-state index in [0.29, 0.717) is 12.0 Å². The molecule has 0 bridgehead atoms. The zero-order valence-corrected chi connectivity index (χ0v) is 12.1. The first-order chi connectivity index (χ1) is 10.7. The monoisotopic (exact) mass is 290 g/mol. The van der Waals surface area contributed by atoms with Crippen LogP contribution < -0.4 is 0 Å². The number of carbonyl (C=O) groups excluding carboxylic acids is 2. The summed E-state index contributed by atoms with van der Waals surface area (Å²) in [6, 6.07) is 17.0. The standard InChI is InChI=1S/C18H14N2O2/c1-20(12-21)18(22)16-10-9-15(17-8-4-5-11-19-17)13-6-2-3-7-14(13)16/h2-12H,1H3. The molecule has 2 amide bonds. The first kappa shape index (κ1) is 13.9. The molecule has 0 aliphatic heterocycles. The second-order valence-electron chi connectivity index (χ2n) is 4.94. The number of carbonyl (C=O) groups is 2. The van der Waals surface area contributed by atoms with Crippen molar-refractivity contribution in [1.29, 1.82) is 0 Å². The van der Waals surface area contributed by atoms with E-state index in [1.54, 1.807) is 12.3 Å². The molecule has 4 nitrogen and oxygen atoms in total. The molecule has 3 aromatic rings. The number of aromatic nitrogens is 1. The van der Waals surface area contributed by atoms with Gasteiger partial charge in [0.2, 0.25) is 6.41 Å². The quantitative estimate of drug-likeness (QED) is 0.696. The Morgan fingerprint density at radius 2 is 1.73 bits per heavy atom. The van der Waals surface area contributed by atoms with Gasteiger partial charge in [0.1, 0.15) is 0 Å². The highest BCUT2D eigenvalue weighted by molar-refractivity contribution is 6.12. The van der Waals surface area contributed by atoms with Crippen molar-refractivity contribution in [2.75, 3.05) is 7.05 Å². The Kier molecular flexibility index (Phi) is 3.66. The third-order valence-electron chi connectivity index (χ3n) is 3.57. The van der Waals surface area contributed by atoms with E-state index in [0.717, 1.165) is 26.9 Å². The van der Waals surface area contributed by atoms with Crippen molar-refractivity contribution < 1.29 is 9.59 Å². The molecule has 108 valence electrons. The summed E-state index contributed by atoms with van der Waals surface area (Å²) in [6.07, 6.45) is 2.26. The minimum atomic E-state index is -0.321. The van der Waals surface area contributed by atoms with E-state index >= 15 is 0 Å². The maximum absolute atomic E-state index is 12.3. The lowest BCUT2D eigenvalue weighted by Crippen LogP contribution is -2.25. The first-order valence-electron chi connectivity index (χ1n) is 6.88. The first-order valence-corrected chi connectivity index (χ1v) is 6.88. The van der Waals surface area contributed by atoms with Gasteiger partial charge in [-0.25, -0.2) is 0 Å². The van der Waals surface area contributed by atoms with Gasteiger partial charge >= 0.3 is 0 Å². The summed E-state index contributed by atoms with van der Waals surface area (Å²) in [7, 11) is 1.46. The van der Waals surface area contributed by atoms with Crippen molar-refractivity contribution in [3.8, 4) is 11.3 Å². The fourth-order valence-electron chi connectivity index (χ4n) is 2.47. The molecule has 0 aliphatic carbocycles. The molecule has 0 N–H and O–H groups in total. The van der Waals surface area contributed by atoms with Crippen molar-refractivity contribution >= 4 is 23.1 Å². The average molecular weight is 290 g/mol. The molecule has 22 heavy (non-hydrogen) atoms. The Labute approximate surface area is 128 Å². The van der Waals surface area contributed by atoms with Crippen LogP contribution in [0, 0.1) is 0 Å². The normalized spacial score (nSPS) is 10.4. The number of nitrogens with zero attached hydrogens (tertiary/aromatic N) is 2. The second kappa shape index (κ2) is 5.77. The Morgan fingerprint density at radius 1 is 1.00 bits per heavy atom. The van der Waals surface area contributed by atoms with Crippen molar-refractivity contribution in [3.63, 3.8) is 0 Å². The van der Waals surface area contributed by atoms with E-state index < -0.39 is 0 Å². The summed E-state index contributed by atoms with van der Waals surface area (Å²) in [6.45, 7) is 0. The van der Waals surface area contributed by atoms with Crippen LogP contribution >= 0.6 is 0 Å². The van der Waals surface area contributed by atoms with Gasteiger partial charge in [-0.2, -0.15) is 0 Å². The minimum Gasteiger partial charge on any atom is -0.284 e. The maximum Gasteiger partial charge on any atom is 0.260 e. The third-order valence-corrected chi connectivity index (χ3v) is 3.57. The van der Waals surface area contributed by atoms with E-state index in [1.165, 1.54) is 7.05 Å². The smallest absolute Gasteiger partial charge is 0.260 e. The van der Waals surface area contributed by atoms with Gasteiger partial charge in [0.25, 0.3) is 5.91 Å². The van der Waals surface area contributed by atoms with Crippen molar-refractivity contribution in [2.45, 2.75) is 0 Å². The van der Waals surface area contributed by atoms with Gasteiger partial charge in [-0.3, -0.25) is 19.5 Å². The fourth-order valence-corrected chi connectivity index (χ4v) is 2.47. The molecule has 4 heteroatoms. The molecule has 0 spiro atoms. The zero-order chi connectivity index (χ0) is 15.5. The summed E-state index contributed by atoms with van der Waals surface area (Å²) < 4.78 is 0. The molecule has 0 aliphatic rings. The van der Waals surface area contributed by atoms with Crippen LogP contribution in [-0.2, 0) is 4.79 Å². The van der Waals surface area contributed by atoms with Crippen molar-refractivity contribution in [3.05, 3.63) is 66.4 Å². The topological polar surface area (TPSA) is 50.3 Å². The predicted molar refractivity (Wildman–Crippen MR) is 85.3 cm³/mol. The maximum atomic E-state index is 12.3. The minimum absolute atomic E-state index is 0.321. The number of imide groups is 1. The summed E-state index contributed by atoms with van der Waals surface area (Å²) in [4.78, 5) is 28.6. The summed E-state index contributed by atoms with van der Waals surface area (Å²) in [5, 5.41) is 1.75. The molecule has 0 unspecified atom stereocenters. The van der Waals surface area contributed by atoms with E-state index in [2.05, 4.69) is 4.98 Å². The number of rotatable bonds is 3. The Balaban J connectivity index is 2.24. The Morgan fingerprint density at radius 3 is 2.41 bits per heavy atom. The molecule has 0 radical (unpaired) electrons. The Hall–Kier alpha value is -3.01. The predicted octanol–water partition coefficient (Wildman–Crippen LogP) is 3.13. The molecule has 0 fully saturated rings. The van der Waals surface area contributed by atoms with E-state index in [9.17, 15) is 9.59 Å². The van der Waals surface area contributed by atoms with Gasteiger partial charge in [0.05, 0.1) is 5.69 Å². The van der Waals surface area contributed by atoms with E-state index in [1.807, 2.05) is 48.5 Å². The lowest BCUT2D eigenvalue weighted by molar-refractivity contribution is -0.115. The highest BCUT2D eigenvalue weighted by Gasteiger charge is 2.16. The van der Waals surface area contributed by atoms with Gasteiger partial charge in [-0.1, -0.05) is 36.4 Å². The number of amides is 2. The molecular formula is C18H14N2O2. The lowest BCUT2D eigenvalue weighted by atomic mass is 9.97. The average Bonchev–Trinajstić information content (AvgIpc) is 2.60. The van der Waals surface area contributed by atoms with Gasteiger partial charge in [0, 0.05) is 24.4 Å². The SMILES string of the molecule is CN(C=O)C(=O)c1ccc(-c2ccccn2)c2ccccc12. The van der Waals surface area contributed by atoms with E-state index in [4.69, 9.17) is 0 Å². The molecule has 2 aromatic carbocycles. The van der Waals surface area contributed by atoms with Gasteiger partial charge in [0.15, 0.2) is 0 Å². The molecule has 0 saturated heterocycles. The molecule has 1 aromatic heterocycles. The van der Waals surface area contributed by atoms with Gasteiger partial charge in [-0.15, -0.1) is 0 Å². The highest BCUT2D eigenvalue weighted by Crippen LogP contribution is 2.30. The van der Waals surface area contributed by atoms with Crippen LogP contribution in [0.3, 0.4) is 0 Å². The van der Waals surface area contributed by atoms with Crippen LogP contribution in [0.2, 0.25) is 0 Å². The molecule has 1 heterocycles. The number of pyridine rings is 1. The van der Waals surface area contributed by atoms with Crippen LogP contribution in [0.1, 0.15) is 10.4 Å². The van der Waals surface area contributed by atoms with Crippen LogP contribution in [-0.4, -0.2) is 29.2 Å². The van der Waals surface area contributed by atoms with Gasteiger partial charge < -0.3 is 0 Å². The molecular weight excluding hydrogens is 276 g/mol. The number of fused-ring (bicyclic) bond motifs is 1. The molecule has 0 saturated carbocycles. The third kappa shape index (κ3) is 2.35. The largest absolute Gasteiger partial charge is 0.284 e. The lowest BCUT2D eigenvalue weighted by Gasteiger charge is -2.13. The van der Waals surface area contributed by atoms with Crippen LogP contribution in [0.4, 0.5) is 0 Å². The number of hydrogen-bond donors (Lipinski definition) is 0. The van der Waals surface area contributed by atoms with E-state index in [-0.39, 0.29) is 5.91 Å². The van der Waals surface area contributed by atoms with Crippen molar-refractivity contribution in [2.24, 2.45) is 0 Å². The Bertz CT molecular complexity index is 844. The van der Waals surface area contributed by atoms with Gasteiger partial charge in [-0.05, 0) is 29.0 Å². The zero-order valence-electron chi connectivity index (χ0n) is 12.1. The summed E-state index contributed by atoms with van der Waals surface area (Å²) in [5.41, 5.74) is 2.31. The van der Waals surface area contributed by atoms with Crippen LogP contribution in [0.5, 0.6) is 0 Å². The number of benzene rings is 2. The molecule has 3 rings (SSSR count). The second-order valence-corrected chi connectivity index (χ2v) is 4.94. The van der Waals surface area contributed by atoms with Crippen LogP contribution in [0.15, 0.2) is 60.8 Å².